The van der Waals surface area contributed by atoms with Gasteiger partial charge in [0.1, 0.15) is 0 Å². The summed E-state index contributed by atoms with van der Waals surface area (Å²) in [6.07, 6.45) is 2.92. The SMILES string of the molecule is CCC1OCCC1C(=O)NCCCBr. The van der Waals surface area contributed by atoms with Crippen molar-refractivity contribution in [3.8, 4) is 0 Å². The van der Waals surface area contributed by atoms with E-state index in [1.807, 2.05) is 0 Å². The molecule has 1 aliphatic heterocycles. The van der Waals surface area contributed by atoms with E-state index in [0.717, 1.165) is 37.7 Å². The third-order valence-electron chi connectivity index (χ3n) is 2.56. The minimum absolute atomic E-state index is 0.0790. The summed E-state index contributed by atoms with van der Waals surface area (Å²) in [5.41, 5.74) is 0. The Labute approximate surface area is 93.7 Å². The summed E-state index contributed by atoms with van der Waals surface area (Å²) in [5, 5.41) is 3.88. The molecular weight excluding hydrogens is 246 g/mol. The van der Waals surface area contributed by atoms with Crippen LogP contribution in [0.4, 0.5) is 0 Å². The summed E-state index contributed by atoms with van der Waals surface area (Å²) < 4.78 is 5.47. The summed E-state index contributed by atoms with van der Waals surface area (Å²) >= 11 is 3.33. The van der Waals surface area contributed by atoms with Crippen LogP contribution in [0.2, 0.25) is 0 Å². The van der Waals surface area contributed by atoms with Crippen molar-refractivity contribution in [3.05, 3.63) is 0 Å². The van der Waals surface area contributed by atoms with E-state index in [9.17, 15) is 4.79 Å². The van der Waals surface area contributed by atoms with E-state index in [1.165, 1.54) is 0 Å². The second-order valence-electron chi connectivity index (χ2n) is 3.55. The second kappa shape index (κ2) is 6.40. The summed E-state index contributed by atoms with van der Waals surface area (Å²) in [4.78, 5) is 11.7. The Kier molecular flexibility index (Phi) is 5.48. The highest BCUT2D eigenvalue weighted by Crippen LogP contribution is 2.23. The molecule has 0 radical (unpaired) electrons. The minimum atomic E-state index is 0.0790. The zero-order valence-electron chi connectivity index (χ0n) is 8.59. The highest BCUT2D eigenvalue weighted by molar-refractivity contribution is 9.09. The Bertz CT molecular complexity index is 187. The Morgan fingerprint density at radius 1 is 1.64 bits per heavy atom. The van der Waals surface area contributed by atoms with Crippen LogP contribution in [0.25, 0.3) is 0 Å². The van der Waals surface area contributed by atoms with Gasteiger partial charge in [0.25, 0.3) is 0 Å². The number of halogens is 1. The number of alkyl halides is 1. The van der Waals surface area contributed by atoms with Crippen molar-refractivity contribution < 1.29 is 9.53 Å². The first-order valence-corrected chi connectivity index (χ1v) is 6.37. The molecule has 0 bridgehead atoms. The number of amides is 1. The van der Waals surface area contributed by atoms with Gasteiger partial charge in [0.2, 0.25) is 5.91 Å². The van der Waals surface area contributed by atoms with Gasteiger partial charge in [0, 0.05) is 18.5 Å². The maximum Gasteiger partial charge on any atom is 0.225 e. The molecule has 82 valence electrons. The monoisotopic (exact) mass is 263 g/mol. The van der Waals surface area contributed by atoms with E-state index >= 15 is 0 Å². The lowest BCUT2D eigenvalue weighted by molar-refractivity contribution is -0.126. The van der Waals surface area contributed by atoms with Gasteiger partial charge in [0.05, 0.1) is 12.0 Å². The van der Waals surface area contributed by atoms with Crippen LogP contribution < -0.4 is 5.32 Å². The molecule has 0 aromatic rings. The van der Waals surface area contributed by atoms with Gasteiger partial charge in [-0.3, -0.25) is 4.79 Å². The lowest BCUT2D eigenvalue weighted by Gasteiger charge is -2.16. The van der Waals surface area contributed by atoms with E-state index in [0.29, 0.717) is 0 Å². The standard InChI is InChI=1S/C10H18BrNO2/c1-2-9-8(4-7-14-9)10(13)12-6-3-5-11/h8-9H,2-7H2,1H3,(H,12,13). The molecule has 2 atom stereocenters. The first-order chi connectivity index (χ1) is 6.79. The van der Waals surface area contributed by atoms with Crippen molar-refractivity contribution in [2.45, 2.75) is 32.3 Å². The van der Waals surface area contributed by atoms with Gasteiger partial charge in [-0.05, 0) is 19.3 Å². The van der Waals surface area contributed by atoms with Crippen LogP contribution in [0.1, 0.15) is 26.2 Å². The smallest absolute Gasteiger partial charge is 0.225 e. The Morgan fingerprint density at radius 3 is 3.07 bits per heavy atom. The highest BCUT2D eigenvalue weighted by Gasteiger charge is 2.32. The maximum absolute atomic E-state index is 11.7. The molecule has 1 amide bonds. The fourth-order valence-electron chi connectivity index (χ4n) is 1.76. The molecule has 1 N–H and O–H groups in total. The van der Waals surface area contributed by atoms with Crippen molar-refractivity contribution >= 4 is 21.8 Å². The van der Waals surface area contributed by atoms with Crippen LogP contribution >= 0.6 is 15.9 Å². The van der Waals surface area contributed by atoms with Crippen LogP contribution in [0.5, 0.6) is 0 Å². The van der Waals surface area contributed by atoms with E-state index in [4.69, 9.17) is 4.74 Å². The van der Waals surface area contributed by atoms with Gasteiger partial charge in [-0.15, -0.1) is 0 Å². The molecule has 0 aliphatic carbocycles. The van der Waals surface area contributed by atoms with Crippen LogP contribution in [0.15, 0.2) is 0 Å². The number of nitrogens with one attached hydrogen (secondary N) is 1. The van der Waals surface area contributed by atoms with Crippen molar-refractivity contribution in [1.29, 1.82) is 0 Å². The Balaban J connectivity index is 2.28. The molecule has 0 spiro atoms. The number of carbonyl (C=O) groups excluding carboxylic acids is 1. The van der Waals surface area contributed by atoms with Crippen LogP contribution in [-0.4, -0.2) is 30.5 Å². The third-order valence-corrected chi connectivity index (χ3v) is 3.12. The van der Waals surface area contributed by atoms with Crippen molar-refractivity contribution in [3.63, 3.8) is 0 Å². The average Bonchev–Trinajstić information content (AvgIpc) is 2.65. The van der Waals surface area contributed by atoms with Crippen molar-refractivity contribution in [2.24, 2.45) is 5.92 Å². The lowest BCUT2D eigenvalue weighted by atomic mass is 9.99. The molecule has 1 rings (SSSR count). The minimum Gasteiger partial charge on any atom is -0.377 e. The third kappa shape index (κ3) is 3.24. The normalized spacial score (nSPS) is 26.4. The largest absolute Gasteiger partial charge is 0.377 e. The quantitative estimate of drug-likeness (QED) is 0.606. The van der Waals surface area contributed by atoms with E-state index in [2.05, 4.69) is 28.2 Å². The molecule has 1 heterocycles. The molecule has 1 saturated heterocycles. The Morgan fingerprint density at radius 2 is 2.43 bits per heavy atom. The number of rotatable bonds is 5. The van der Waals surface area contributed by atoms with E-state index in [1.54, 1.807) is 0 Å². The predicted octanol–water partition coefficient (Wildman–Crippen LogP) is 1.70. The summed E-state index contributed by atoms with van der Waals surface area (Å²) in [6.45, 7) is 3.56. The van der Waals surface area contributed by atoms with E-state index in [-0.39, 0.29) is 17.9 Å². The van der Waals surface area contributed by atoms with Crippen LogP contribution in [0, 0.1) is 5.92 Å². The van der Waals surface area contributed by atoms with Crippen LogP contribution in [-0.2, 0) is 9.53 Å². The molecule has 0 aromatic heterocycles. The maximum atomic E-state index is 11.7. The fourth-order valence-corrected chi connectivity index (χ4v) is 2.04. The number of ether oxygens (including phenoxy) is 1. The highest BCUT2D eigenvalue weighted by atomic mass is 79.9. The first-order valence-electron chi connectivity index (χ1n) is 5.24. The van der Waals surface area contributed by atoms with Gasteiger partial charge in [-0.2, -0.15) is 0 Å². The molecule has 1 fully saturated rings. The zero-order valence-corrected chi connectivity index (χ0v) is 10.2. The lowest BCUT2D eigenvalue weighted by Crippen LogP contribution is -2.35. The molecule has 0 saturated carbocycles. The molecule has 2 unspecified atom stereocenters. The topological polar surface area (TPSA) is 38.3 Å². The molecule has 4 heteroatoms. The van der Waals surface area contributed by atoms with Crippen LogP contribution in [0.3, 0.4) is 0 Å². The number of hydrogen-bond acceptors (Lipinski definition) is 2. The number of hydrogen-bond donors (Lipinski definition) is 1. The summed E-state index contributed by atoms with van der Waals surface area (Å²) in [6, 6.07) is 0. The van der Waals surface area contributed by atoms with Gasteiger partial charge in [-0.1, -0.05) is 22.9 Å². The van der Waals surface area contributed by atoms with Gasteiger partial charge >= 0.3 is 0 Å². The van der Waals surface area contributed by atoms with Crippen molar-refractivity contribution in [1.82, 2.24) is 5.32 Å². The molecular formula is C10H18BrNO2. The van der Waals surface area contributed by atoms with E-state index < -0.39 is 0 Å². The molecule has 14 heavy (non-hydrogen) atoms. The molecule has 0 aromatic carbocycles. The average molecular weight is 264 g/mol. The first kappa shape index (κ1) is 12.0. The number of carbonyl (C=O) groups is 1. The van der Waals surface area contributed by atoms with Gasteiger partial charge < -0.3 is 10.1 Å². The molecule has 1 aliphatic rings. The zero-order chi connectivity index (χ0) is 10.4. The van der Waals surface area contributed by atoms with Gasteiger partial charge in [-0.25, -0.2) is 0 Å². The summed E-state index contributed by atoms with van der Waals surface area (Å²) in [7, 11) is 0. The second-order valence-corrected chi connectivity index (χ2v) is 4.34. The fraction of sp³-hybridized carbons (Fsp3) is 0.900. The summed E-state index contributed by atoms with van der Waals surface area (Å²) in [5.74, 6) is 0.241. The van der Waals surface area contributed by atoms with Crippen molar-refractivity contribution in [2.75, 3.05) is 18.5 Å². The predicted molar refractivity (Wildman–Crippen MR) is 59.6 cm³/mol. The van der Waals surface area contributed by atoms with Gasteiger partial charge in [0.15, 0.2) is 0 Å². The molecule has 3 nitrogen and oxygen atoms in total. The Hall–Kier alpha value is -0.0900.